The Labute approximate surface area is 580 Å². The van der Waals surface area contributed by atoms with Gasteiger partial charge in [-0.25, -0.2) is 19.6 Å². The number of rotatable bonds is 37. The maximum Gasteiger partial charge on any atom is 0.408 e. The van der Waals surface area contributed by atoms with Gasteiger partial charge in [0, 0.05) is 77.6 Å². The highest BCUT2D eigenvalue weighted by Crippen LogP contribution is 2.52. The first kappa shape index (κ1) is 77.5. The molecular formula is C72H103N13O14. The average molecular weight is 1370 g/mol. The van der Waals surface area contributed by atoms with Gasteiger partial charge in [-0.15, -0.1) is 0 Å². The Morgan fingerprint density at radius 3 is 2.06 bits per heavy atom. The third-order valence-electron chi connectivity index (χ3n) is 20.1. The number of carbonyl (C=O) groups is 11. The smallest absolute Gasteiger partial charge is 0.408 e. The van der Waals surface area contributed by atoms with E-state index in [1.165, 1.54) is 24.2 Å². The molecule has 1 saturated carbocycles. The minimum atomic E-state index is -1.28. The summed E-state index contributed by atoms with van der Waals surface area (Å²) in [5.41, 5.74) is 6.38. The van der Waals surface area contributed by atoms with E-state index in [0.717, 1.165) is 16.0 Å². The fourth-order valence-electron chi connectivity index (χ4n) is 14.7. The van der Waals surface area contributed by atoms with Crippen molar-refractivity contribution in [2.24, 2.45) is 35.3 Å². The van der Waals surface area contributed by atoms with Gasteiger partial charge in [0.1, 0.15) is 24.2 Å². The zero-order valence-corrected chi connectivity index (χ0v) is 58.9. The maximum absolute atomic E-state index is 15.0. The monoisotopic (exact) mass is 1370 g/mol. The van der Waals surface area contributed by atoms with Gasteiger partial charge in [-0.2, -0.15) is 0 Å². The molecule has 0 spiro atoms. The zero-order valence-electron chi connectivity index (χ0n) is 58.9. The van der Waals surface area contributed by atoms with Gasteiger partial charge in [0.2, 0.25) is 41.4 Å². The largest absolute Gasteiger partial charge is 0.465 e. The molecule has 4 aliphatic rings. The summed E-state index contributed by atoms with van der Waals surface area (Å²) in [7, 11) is 4.69. The second-order valence-corrected chi connectivity index (χ2v) is 27.6. The number of hydrogen-bond donors (Lipinski definition) is 8. The number of primary amides is 1. The third kappa shape index (κ3) is 20.2. The van der Waals surface area contributed by atoms with E-state index < -0.39 is 108 Å². The van der Waals surface area contributed by atoms with Crippen LogP contribution in [0.5, 0.6) is 0 Å². The minimum absolute atomic E-state index is 0.0831. The van der Waals surface area contributed by atoms with E-state index in [1.807, 2.05) is 44.2 Å². The Morgan fingerprint density at radius 2 is 1.44 bits per heavy atom. The summed E-state index contributed by atoms with van der Waals surface area (Å²) in [6.07, 6.45) is 8.76. The number of fused-ring (bicyclic) bond motifs is 2. The topological polar surface area (TPSA) is 363 Å². The second kappa shape index (κ2) is 36.3. The number of likely N-dealkylation sites (N-methyl/N-ethyl adjacent to an activating group) is 1. The van der Waals surface area contributed by atoms with E-state index in [1.54, 1.807) is 101 Å². The number of nitrogens with zero attached hydrogens (tertiary/aromatic N) is 6. The number of hydrogen-bond acceptors (Lipinski definition) is 15. The zero-order chi connectivity index (χ0) is 72.3. The van der Waals surface area contributed by atoms with Gasteiger partial charge in [-0.3, -0.25) is 53.0 Å². The highest BCUT2D eigenvalue weighted by Gasteiger charge is 2.61. The molecule has 12 amide bonds. The summed E-state index contributed by atoms with van der Waals surface area (Å²) in [5.74, 6) is -5.45. The van der Waals surface area contributed by atoms with Crippen LogP contribution in [0.1, 0.15) is 155 Å². The van der Waals surface area contributed by atoms with Crippen LogP contribution in [0.3, 0.4) is 0 Å². The predicted molar refractivity (Wildman–Crippen MR) is 368 cm³/mol. The second-order valence-electron chi connectivity index (χ2n) is 27.6. The highest BCUT2D eigenvalue weighted by atomic mass is 16.5. The van der Waals surface area contributed by atoms with Crippen molar-refractivity contribution in [3.05, 3.63) is 102 Å². The highest BCUT2D eigenvalue weighted by molar-refractivity contribution is 6.12. The molecule has 2 saturated heterocycles. The summed E-state index contributed by atoms with van der Waals surface area (Å²) in [6.45, 7) is 13.6. The summed E-state index contributed by atoms with van der Waals surface area (Å²) in [4.78, 5) is 163. The Morgan fingerprint density at radius 1 is 0.768 bits per heavy atom. The number of benzene rings is 2. The molecule has 4 unspecified atom stereocenters. The molecule has 3 aromatic rings. The van der Waals surface area contributed by atoms with E-state index in [4.69, 9.17) is 15.2 Å². The van der Waals surface area contributed by atoms with Crippen LogP contribution in [0.15, 0.2) is 85.2 Å². The lowest BCUT2D eigenvalue weighted by atomic mass is 9.88. The molecule has 540 valence electrons. The number of nitrogens with two attached hydrogens (primary N) is 1. The Balaban J connectivity index is 0.971. The van der Waals surface area contributed by atoms with Gasteiger partial charge < -0.3 is 62.0 Å². The van der Waals surface area contributed by atoms with Gasteiger partial charge in [0.05, 0.1) is 48.2 Å². The number of urea groups is 1. The lowest BCUT2D eigenvalue weighted by Crippen LogP contribution is -2.62. The van der Waals surface area contributed by atoms with E-state index in [-0.39, 0.29) is 92.5 Å². The van der Waals surface area contributed by atoms with Gasteiger partial charge >= 0.3 is 12.1 Å². The SMILES string of the molecule is CC[C@H](C)[C@@H]([C@@H](CC(=O)N1CCCC1[C@H](OC)[C@@H](C)C(=O)N[C@H](Cc1ccccc1)c1ncccn1)OC)N(C)C(=O)C(NC(=O)[C@@H]1[C@H]2CC[C@](Cc3ccc(NC(=O)C(CCCNC(N)=O)NC(=O)C(NC(=O)CCCCCN4C(=O)C=CC4=O)C(C)C)cc3)(C2)N1C(=O)O)C(C)C. The number of carbonyl (C=O) groups excluding carboxylic acids is 10. The molecular weight excluding hydrogens is 1270 g/mol. The van der Waals surface area contributed by atoms with Crippen LogP contribution in [-0.2, 0) is 65.5 Å². The molecule has 13 atom stereocenters. The number of methoxy groups -OCH3 is 2. The van der Waals surface area contributed by atoms with E-state index in [2.05, 4.69) is 41.9 Å². The number of piperidine rings is 1. The Bertz CT molecular complexity index is 3300. The van der Waals surface area contributed by atoms with Crippen LogP contribution in [-0.4, -0.2) is 195 Å². The van der Waals surface area contributed by atoms with Gasteiger partial charge in [-0.05, 0) is 124 Å². The maximum atomic E-state index is 15.0. The van der Waals surface area contributed by atoms with Crippen molar-refractivity contribution >= 4 is 71.0 Å². The number of amides is 12. The predicted octanol–water partition coefficient (Wildman–Crippen LogP) is 5.58. The van der Waals surface area contributed by atoms with E-state index >= 15 is 4.79 Å². The molecule has 1 aromatic heterocycles. The first-order valence-corrected chi connectivity index (χ1v) is 34.8. The lowest BCUT2D eigenvalue weighted by Gasteiger charge is -2.42. The van der Waals surface area contributed by atoms with Gasteiger partial charge in [0.15, 0.2) is 5.82 Å². The number of likely N-dealkylation sites (tertiary alicyclic amines) is 2. The van der Waals surface area contributed by atoms with Crippen LogP contribution in [0.25, 0.3) is 0 Å². The fourth-order valence-corrected chi connectivity index (χ4v) is 14.7. The molecule has 4 heterocycles. The third-order valence-corrected chi connectivity index (χ3v) is 20.1. The average Bonchev–Trinajstić information content (AvgIpc) is 1.57. The minimum Gasteiger partial charge on any atom is -0.465 e. The number of anilines is 1. The lowest BCUT2D eigenvalue weighted by molar-refractivity contribution is -0.148. The molecule has 2 aromatic carbocycles. The number of ether oxygens (including phenoxy) is 2. The van der Waals surface area contributed by atoms with E-state index in [0.29, 0.717) is 82.3 Å². The van der Waals surface area contributed by atoms with Gasteiger partial charge in [-0.1, -0.05) is 104 Å². The first-order chi connectivity index (χ1) is 47.2. The number of nitrogens with one attached hydrogen (secondary N) is 6. The fraction of sp³-hybridized carbons (Fsp3) is 0.597. The molecule has 3 aliphatic heterocycles. The van der Waals surface area contributed by atoms with Crippen molar-refractivity contribution in [2.75, 3.05) is 46.2 Å². The first-order valence-electron chi connectivity index (χ1n) is 34.8. The molecule has 27 heteroatoms. The van der Waals surface area contributed by atoms with Crippen molar-refractivity contribution < 1.29 is 67.3 Å². The Kier molecular flexibility index (Phi) is 28.4. The molecule has 7 rings (SSSR count). The quantitative estimate of drug-likeness (QED) is 0.0258. The molecule has 9 N–H and O–H groups in total. The molecule has 3 fully saturated rings. The normalized spacial score (nSPS) is 20.7. The van der Waals surface area contributed by atoms with Crippen LogP contribution in [0, 0.1) is 29.6 Å². The molecule has 1 aliphatic carbocycles. The van der Waals surface area contributed by atoms with Crippen LogP contribution in [0.4, 0.5) is 15.3 Å². The van der Waals surface area contributed by atoms with Crippen molar-refractivity contribution in [3.8, 4) is 0 Å². The molecule has 99 heavy (non-hydrogen) atoms. The van der Waals surface area contributed by atoms with Crippen LogP contribution < -0.4 is 37.6 Å². The molecule has 2 bridgehead atoms. The van der Waals surface area contributed by atoms with Crippen molar-refractivity contribution in [1.29, 1.82) is 0 Å². The van der Waals surface area contributed by atoms with Crippen LogP contribution >= 0.6 is 0 Å². The number of imide groups is 1. The molecule has 27 nitrogen and oxygen atoms in total. The number of aromatic nitrogens is 2. The number of carboxylic acid groups (broad SMARTS) is 1. The summed E-state index contributed by atoms with van der Waals surface area (Å²) in [5, 5.41) is 28.0. The standard InChI is InChI=1S/C72H103N13O14/c1-11-45(6)61(54(98-9)40-58(89)83-38-19-24-53(83)63(99-10)46(7)65(90)79-52(64-74-35-20-36-75-64)39-47-21-14-12-15-22-47)82(8)69(94)60(44(4)5)81-68(93)62-49-32-33-72(42-49,85(62)71(96)97)41-48-26-28-50(29-27-48)77-66(91)51(23-18-34-76-70(73)95)78-67(92)59(43(2)3)80-55(86)25-16-13-17-37-84-56(87)30-31-57(84)88/h12,14-15,20-22,26-31,35-36,43-46,49,51-54,59-63H,11,13,16-19,23-25,32-34,37-42H2,1-10H3,(H,77,91)(H,78,92)(H,79,90)(H,80,86)(H,81,93)(H,96,97)(H3,73,76,95)/t45-,46+,49-,51?,52+,53?,54+,59?,60?,61-,62-,63+,72-/m0/s1. The van der Waals surface area contributed by atoms with Crippen LogP contribution in [0.2, 0.25) is 0 Å². The summed E-state index contributed by atoms with van der Waals surface area (Å²) in [6, 6.07) is 11.6. The summed E-state index contributed by atoms with van der Waals surface area (Å²) < 4.78 is 12.2. The van der Waals surface area contributed by atoms with Crippen molar-refractivity contribution in [2.45, 2.75) is 205 Å². The number of unbranched alkanes of at least 4 members (excludes halogenated alkanes) is 2. The summed E-state index contributed by atoms with van der Waals surface area (Å²) >= 11 is 0. The molecule has 0 radical (unpaired) electrons. The Hall–Kier alpha value is -8.85. The van der Waals surface area contributed by atoms with Gasteiger partial charge in [0.25, 0.3) is 11.8 Å². The van der Waals surface area contributed by atoms with Crippen molar-refractivity contribution in [1.82, 2.24) is 56.2 Å². The van der Waals surface area contributed by atoms with Crippen molar-refractivity contribution in [3.63, 3.8) is 0 Å². The van der Waals surface area contributed by atoms with E-state index in [9.17, 15) is 53.1 Å².